The van der Waals surface area contributed by atoms with Crippen molar-refractivity contribution in [3.05, 3.63) is 22.2 Å². The third-order valence-corrected chi connectivity index (χ3v) is 4.37. The minimum Gasteiger partial charge on any atom is -0.399 e. The van der Waals surface area contributed by atoms with Gasteiger partial charge in [0.2, 0.25) is 5.91 Å². The second-order valence-electron chi connectivity index (χ2n) is 5.36. The number of likely N-dealkylation sites (N-methyl/N-ethyl adjacent to an activating group) is 1. The Bertz CT molecular complexity index is 507. The Morgan fingerprint density at radius 1 is 1.24 bits per heavy atom. The molecule has 0 bridgehead atoms. The van der Waals surface area contributed by atoms with Crippen molar-refractivity contribution in [1.29, 1.82) is 0 Å². The van der Waals surface area contributed by atoms with Crippen molar-refractivity contribution in [3.8, 4) is 0 Å². The Kier molecular flexibility index (Phi) is 5.32. The Morgan fingerprint density at radius 3 is 2.29 bits per heavy atom. The summed E-state index contributed by atoms with van der Waals surface area (Å²) in [6.45, 7) is 5.55. The van der Waals surface area contributed by atoms with Crippen molar-refractivity contribution >= 4 is 40.5 Å². The van der Waals surface area contributed by atoms with Crippen molar-refractivity contribution < 1.29 is 4.79 Å². The Balaban J connectivity index is 2.04. The number of nitrogens with two attached hydrogens (primary N) is 1. The zero-order valence-corrected chi connectivity index (χ0v) is 13.7. The van der Waals surface area contributed by atoms with E-state index in [1.165, 1.54) is 0 Å². The highest BCUT2D eigenvalue weighted by Crippen LogP contribution is 2.33. The largest absolute Gasteiger partial charge is 0.399 e. The average molecular weight is 331 g/mol. The van der Waals surface area contributed by atoms with Crippen LogP contribution in [0.4, 0.5) is 11.4 Å². The van der Waals surface area contributed by atoms with Gasteiger partial charge < -0.3 is 16.0 Å². The van der Waals surface area contributed by atoms with E-state index >= 15 is 0 Å². The molecular formula is C14H20Cl2N4O. The van der Waals surface area contributed by atoms with Gasteiger partial charge in [0.15, 0.2) is 0 Å². The molecule has 1 heterocycles. The number of halogens is 2. The van der Waals surface area contributed by atoms with Crippen LogP contribution in [0.15, 0.2) is 12.1 Å². The molecule has 1 aromatic carbocycles. The quantitative estimate of drug-likeness (QED) is 0.833. The topological polar surface area (TPSA) is 61.6 Å². The van der Waals surface area contributed by atoms with Gasteiger partial charge in [-0.05, 0) is 26.1 Å². The summed E-state index contributed by atoms with van der Waals surface area (Å²) in [5.41, 5.74) is 6.54. The SMILES string of the molecule is CC(C(=O)Nc1c(Cl)cc(N)cc1Cl)N1CCN(C)CC1. The summed E-state index contributed by atoms with van der Waals surface area (Å²) in [7, 11) is 2.08. The van der Waals surface area contributed by atoms with Crippen molar-refractivity contribution in [3.63, 3.8) is 0 Å². The molecule has 21 heavy (non-hydrogen) atoms. The summed E-state index contributed by atoms with van der Waals surface area (Å²) in [4.78, 5) is 16.8. The third kappa shape index (κ3) is 4.01. The number of nitrogens with one attached hydrogen (secondary N) is 1. The molecule has 0 aliphatic carbocycles. The molecule has 1 saturated heterocycles. The van der Waals surface area contributed by atoms with E-state index in [-0.39, 0.29) is 11.9 Å². The first kappa shape index (κ1) is 16.4. The summed E-state index contributed by atoms with van der Waals surface area (Å²) in [5, 5.41) is 3.49. The maximum atomic E-state index is 12.4. The third-order valence-electron chi connectivity index (χ3n) is 3.78. The van der Waals surface area contributed by atoms with Crippen molar-refractivity contribution in [2.45, 2.75) is 13.0 Å². The second-order valence-corrected chi connectivity index (χ2v) is 6.18. The maximum absolute atomic E-state index is 12.4. The maximum Gasteiger partial charge on any atom is 0.241 e. The van der Waals surface area contributed by atoms with Gasteiger partial charge in [-0.1, -0.05) is 23.2 Å². The van der Waals surface area contributed by atoms with Gasteiger partial charge in [0, 0.05) is 31.9 Å². The monoisotopic (exact) mass is 330 g/mol. The number of carbonyl (C=O) groups excluding carboxylic acids is 1. The molecular weight excluding hydrogens is 311 g/mol. The fourth-order valence-electron chi connectivity index (χ4n) is 2.31. The number of rotatable bonds is 3. The Morgan fingerprint density at radius 2 is 1.76 bits per heavy atom. The molecule has 0 spiro atoms. The fourth-order valence-corrected chi connectivity index (χ4v) is 2.91. The molecule has 1 aliphatic heterocycles. The fraction of sp³-hybridized carbons (Fsp3) is 0.500. The first-order chi connectivity index (χ1) is 9.88. The van der Waals surface area contributed by atoms with Gasteiger partial charge in [0.25, 0.3) is 0 Å². The van der Waals surface area contributed by atoms with Crippen LogP contribution < -0.4 is 11.1 Å². The van der Waals surface area contributed by atoms with Gasteiger partial charge in [-0.15, -0.1) is 0 Å². The van der Waals surface area contributed by atoms with E-state index in [0.29, 0.717) is 21.4 Å². The van der Waals surface area contributed by atoms with Crippen LogP contribution in [0.25, 0.3) is 0 Å². The van der Waals surface area contributed by atoms with Crippen molar-refractivity contribution in [2.24, 2.45) is 0 Å². The van der Waals surface area contributed by atoms with Gasteiger partial charge in [0.1, 0.15) is 0 Å². The lowest BCUT2D eigenvalue weighted by Crippen LogP contribution is -2.51. The van der Waals surface area contributed by atoms with Gasteiger partial charge in [-0.3, -0.25) is 9.69 Å². The number of carbonyl (C=O) groups is 1. The van der Waals surface area contributed by atoms with Crippen molar-refractivity contribution in [2.75, 3.05) is 44.3 Å². The van der Waals surface area contributed by atoms with Crippen LogP contribution in [-0.2, 0) is 4.79 Å². The normalized spacial score (nSPS) is 18.5. The summed E-state index contributed by atoms with van der Waals surface area (Å²) in [5.74, 6) is -0.117. The van der Waals surface area contributed by atoms with Gasteiger partial charge in [-0.25, -0.2) is 0 Å². The molecule has 7 heteroatoms. The minimum absolute atomic E-state index is 0.117. The molecule has 1 unspecified atom stereocenters. The highest BCUT2D eigenvalue weighted by atomic mass is 35.5. The van der Waals surface area contributed by atoms with Crippen molar-refractivity contribution in [1.82, 2.24) is 9.80 Å². The molecule has 1 amide bonds. The smallest absolute Gasteiger partial charge is 0.241 e. The second kappa shape index (κ2) is 6.83. The van der Waals surface area contributed by atoms with Crippen LogP contribution >= 0.6 is 23.2 Å². The van der Waals surface area contributed by atoms with E-state index < -0.39 is 0 Å². The molecule has 5 nitrogen and oxygen atoms in total. The molecule has 1 fully saturated rings. The summed E-state index contributed by atoms with van der Waals surface area (Å²) < 4.78 is 0. The zero-order valence-electron chi connectivity index (χ0n) is 12.2. The number of hydrogen-bond donors (Lipinski definition) is 2. The lowest BCUT2D eigenvalue weighted by atomic mass is 10.2. The van der Waals surface area contributed by atoms with E-state index in [4.69, 9.17) is 28.9 Å². The predicted octanol–water partition coefficient (Wildman–Crippen LogP) is 2.15. The number of anilines is 2. The molecule has 0 saturated carbocycles. The molecule has 0 radical (unpaired) electrons. The molecule has 0 aromatic heterocycles. The molecule has 116 valence electrons. The standard InChI is InChI=1S/C14H20Cl2N4O/c1-9(20-5-3-19(2)4-6-20)14(21)18-13-11(15)7-10(17)8-12(13)16/h7-9H,3-6,17H2,1-2H3,(H,18,21). The van der Waals surface area contributed by atoms with E-state index in [1.807, 2.05) is 6.92 Å². The van der Waals surface area contributed by atoms with Crippen LogP contribution in [-0.4, -0.2) is 55.0 Å². The van der Waals surface area contributed by atoms with Gasteiger partial charge in [0.05, 0.1) is 21.8 Å². The molecule has 1 aromatic rings. The van der Waals surface area contributed by atoms with Gasteiger partial charge >= 0.3 is 0 Å². The number of nitrogens with zero attached hydrogens (tertiary/aromatic N) is 2. The Labute approximate surface area is 135 Å². The van der Waals surface area contributed by atoms with Gasteiger partial charge in [-0.2, -0.15) is 0 Å². The molecule has 3 N–H and O–H groups in total. The first-order valence-corrected chi connectivity index (χ1v) is 7.62. The highest BCUT2D eigenvalue weighted by molar-refractivity contribution is 6.40. The van der Waals surface area contributed by atoms with E-state index in [2.05, 4.69) is 22.2 Å². The summed E-state index contributed by atoms with van der Waals surface area (Å²) >= 11 is 12.2. The lowest BCUT2D eigenvalue weighted by molar-refractivity contribution is -0.121. The first-order valence-electron chi connectivity index (χ1n) is 6.86. The Hall–Kier alpha value is -1.01. The number of nitrogen functional groups attached to an aromatic ring is 1. The van der Waals surface area contributed by atoms with Crippen LogP contribution in [0.1, 0.15) is 6.92 Å². The number of hydrogen-bond acceptors (Lipinski definition) is 4. The van der Waals surface area contributed by atoms with Crippen LogP contribution in [0.3, 0.4) is 0 Å². The molecule has 2 rings (SSSR count). The summed E-state index contributed by atoms with van der Waals surface area (Å²) in [6.07, 6.45) is 0. The molecule has 1 atom stereocenters. The van der Waals surface area contributed by atoms with Crippen LogP contribution in [0.5, 0.6) is 0 Å². The van der Waals surface area contributed by atoms with E-state index in [9.17, 15) is 4.79 Å². The minimum atomic E-state index is -0.233. The number of amides is 1. The molecule has 1 aliphatic rings. The average Bonchev–Trinajstić information content (AvgIpc) is 2.42. The summed E-state index contributed by atoms with van der Waals surface area (Å²) in [6, 6.07) is 2.91. The highest BCUT2D eigenvalue weighted by Gasteiger charge is 2.25. The zero-order chi connectivity index (χ0) is 15.6. The van der Waals surface area contributed by atoms with E-state index in [1.54, 1.807) is 12.1 Å². The number of benzene rings is 1. The van der Waals surface area contributed by atoms with E-state index in [0.717, 1.165) is 26.2 Å². The van der Waals surface area contributed by atoms with Crippen LogP contribution in [0.2, 0.25) is 10.0 Å². The number of piperazine rings is 1. The van der Waals surface area contributed by atoms with Crippen LogP contribution in [0, 0.1) is 0 Å². The predicted molar refractivity (Wildman–Crippen MR) is 88.0 cm³/mol. The lowest BCUT2D eigenvalue weighted by Gasteiger charge is -2.35.